The maximum absolute atomic E-state index is 12.3. The minimum absolute atomic E-state index is 0.0176. The molecule has 1 atom stereocenters. The molecule has 0 saturated carbocycles. The van der Waals surface area contributed by atoms with Crippen molar-refractivity contribution < 1.29 is 9.53 Å². The van der Waals surface area contributed by atoms with Gasteiger partial charge in [0.1, 0.15) is 17.4 Å². The van der Waals surface area contributed by atoms with E-state index in [2.05, 4.69) is 25.4 Å². The number of amides is 2. The molecule has 0 radical (unpaired) electrons. The van der Waals surface area contributed by atoms with E-state index in [1.165, 1.54) is 0 Å². The summed E-state index contributed by atoms with van der Waals surface area (Å²) in [6.07, 6.45) is 4.64. The Labute approximate surface area is 146 Å². The predicted molar refractivity (Wildman–Crippen MR) is 92.5 cm³/mol. The molecular formula is C18H23N5O2. The lowest BCUT2D eigenvalue weighted by Crippen LogP contribution is -2.39. The van der Waals surface area contributed by atoms with Gasteiger partial charge in [-0.3, -0.25) is 0 Å². The van der Waals surface area contributed by atoms with Crippen LogP contribution in [0.2, 0.25) is 0 Å². The van der Waals surface area contributed by atoms with Crippen LogP contribution in [0.5, 0.6) is 5.75 Å². The van der Waals surface area contributed by atoms with Crippen LogP contribution in [-0.4, -0.2) is 33.9 Å². The summed E-state index contributed by atoms with van der Waals surface area (Å²) in [6.45, 7) is 2.23. The van der Waals surface area contributed by atoms with Crippen molar-refractivity contribution in [3.63, 3.8) is 0 Å². The fraction of sp³-hybridized carbons (Fsp3) is 0.500. The van der Waals surface area contributed by atoms with E-state index in [-0.39, 0.29) is 12.1 Å². The molecule has 25 heavy (non-hydrogen) atoms. The van der Waals surface area contributed by atoms with E-state index < -0.39 is 0 Å². The topological polar surface area (TPSA) is 81.1 Å². The van der Waals surface area contributed by atoms with E-state index in [1.54, 1.807) is 0 Å². The van der Waals surface area contributed by atoms with E-state index >= 15 is 0 Å². The van der Waals surface area contributed by atoms with Gasteiger partial charge < -0.3 is 19.9 Å². The number of fused-ring (bicyclic) bond motifs is 2. The quantitative estimate of drug-likeness (QED) is 0.891. The van der Waals surface area contributed by atoms with Crippen LogP contribution in [0.3, 0.4) is 0 Å². The van der Waals surface area contributed by atoms with Gasteiger partial charge in [-0.25, -0.2) is 4.79 Å². The molecule has 0 aliphatic carbocycles. The molecule has 0 unspecified atom stereocenters. The molecule has 3 heterocycles. The highest BCUT2D eigenvalue weighted by atomic mass is 16.5. The molecule has 2 N–H and O–H groups in total. The van der Waals surface area contributed by atoms with E-state index in [1.807, 2.05) is 24.3 Å². The fourth-order valence-electron chi connectivity index (χ4n) is 3.57. The molecule has 1 aromatic carbocycles. The van der Waals surface area contributed by atoms with Gasteiger partial charge in [0.2, 0.25) is 0 Å². The van der Waals surface area contributed by atoms with E-state index in [0.29, 0.717) is 19.6 Å². The number of para-hydroxylation sites is 1. The first-order valence-electron chi connectivity index (χ1n) is 8.98. The molecule has 2 aromatic rings. The van der Waals surface area contributed by atoms with Crippen molar-refractivity contribution in [2.24, 2.45) is 0 Å². The maximum atomic E-state index is 12.3. The molecule has 1 aromatic heterocycles. The highest BCUT2D eigenvalue weighted by molar-refractivity contribution is 5.74. The lowest BCUT2D eigenvalue weighted by Gasteiger charge is -2.18. The molecule has 7 heteroatoms. The number of hydrogen-bond donors (Lipinski definition) is 2. The van der Waals surface area contributed by atoms with Crippen LogP contribution in [0.25, 0.3) is 0 Å². The number of urea groups is 1. The Morgan fingerprint density at radius 1 is 1.28 bits per heavy atom. The van der Waals surface area contributed by atoms with Gasteiger partial charge in [0.05, 0.1) is 12.6 Å². The summed E-state index contributed by atoms with van der Waals surface area (Å²) in [4.78, 5) is 12.3. The van der Waals surface area contributed by atoms with Gasteiger partial charge in [-0.1, -0.05) is 18.2 Å². The fourth-order valence-corrected chi connectivity index (χ4v) is 3.57. The zero-order valence-electron chi connectivity index (χ0n) is 14.2. The Kier molecular flexibility index (Phi) is 4.54. The number of aromatic nitrogens is 3. The normalized spacial score (nSPS) is 18.6. The highest BCUT2D eigenvalue weighted by Crippen LogP contribution is 2.30. The van der Waals surface area contributed by atoms with Crippen LogP contribution in [-0.2, 0) is 19.4 Å². The van der Waals surface area contributed by atoms with Gasteiger partial charge >= 0.3 is 6.03 Å². The highest BCUT2D eigenvalue weighted by Gasteiger charge is 2.21. The molecule has 0 bridgehead atoms. The average Bonchev–Trinajstić information content (AvgIpc) is 3.17. The Morgan fingerprint density at radius 2 is 2.20 bits per heavy atom. The second-order valence-electron chi connectivity index (χ2n) is 6.52. The van der Waals surface area contributed by atoms with Crippen molar-refractivity contribution in [3.05, 3.63) is 41.5 Å². The lowest BCUT2D eigenvalue weighted by molar-refractivity contribution is 0.236. The molecule has 0 spiro atoms. The number of nitrogens with zero attached hydrogens (tertiary/aromatic N) is 3. The van der Waals surface area contributed by atoms with Crippen molar-refractivity contribution in [1.29, 1.82) is 0 Å². The van der Waals surface area contributed by atoms with E-state index in [0.717, 1.165) is 55.2 Å². The average molecular weight is 341 g/mol. The molecule has 4 rings (SSSR count). The summed E-state index contributed by atoms with van der Waals surface area (Å²) in [7, 11) is 0. The minimum Gasteiger partial charge on any atom is -0.493 e. The van der Waals surface area contributed by atoms with Gasteiger partial charge in [-0.15, -0.1) is 10.2 Å². The second kappa shape index (κ2) is 7.13. The molecule has 132 valence electrons. The number of carbonyl (C=O) groups excluding carboxylic acids is 1. The monoisotopic (exact) mass is 341 g/mol. The molecule has 7 nitrogen and oxygen atoms in total. The van der Waals surface area contributed by atoms with E-state index in [9.17, 15) is 4.79 Å². The number of benzene rings is 1. The maximum Gasteiger partial charge on any atom is 0.315 e. The van der Waals surface area contributed by atoms with Gasteiger partial charge in [0.15, 0.2) is 0 Å². The number of nitrogens with one attached hydrogen (secondary N) is 2. The zero-order valence-corrected chi connectivity index (χ0v) is 14.2. The molecular weight excluding hydrogens is 318 g/mol. The Hall–Kier alpha value is -2.57. The van der Waals surface area contributed by atoms with Crippen LogP contribution in [0.1, 0.15) is 42.5 Å². The first kappa shape index (κ1) is 15.9. The molecule has 0 saturated heterocycles. The summed E-state index contributed by atoms with van der Waals surface area (Å²) in [6, 6.07) is 7.74. The van der Waals surface area contributed by atoms with Crippen molar-refractivity contribution >= 4 is 6.03 Å². The van der Waals surface area contributed by atoms with Gasteiger partial charge in [0, 0.05) is 31.5 Å². The SMILES string of the molecule is O=C(NCCc1nnc2n1CCC2)N[C@@H]1CCCOc2ccccc21. The first-order chi connectivity index (χ1) is 12.3. The van der Waals surface area contributed by atoms with Crippen molar-refractivity contribution in [2.75, 3.05) is 13.2 Å². The largest absolute Gasteiger partial charge is 0.493 e. The van der Waals surface area contributed by atoms with Gasteiger partial charge in [0.25, 0.3) is 0 Å². The molecule has 2 amide bonds. The minimum atomic E-state index is -0.150. The van der Waals surface area contributed by atoms with E-state index in [4.69, 9.17) is 4.74 Å². The molecule has 2 aliphatic heterocycles. The Bertz CT molecular complexity index is 758. The number of aryl methyl sites for hydroxylation is 1. The third kappa shape index (κ3) is 3.45. The Balaban J connectivity index is 1.31. The summed E-state index contributed by atoms with van der Waals surface area (Å²) < 4.78 is 7.91. The van der Waals surface area contributed by atoms with Crippen LogP contribution in [0, 0.1) is 0 Å². The third-order valence-corrected chi connectivity index (χ3v) is 4.81. The second-order valence-corrected chi connectivity index (χ2v) is 6.52. The Morgan fingerprint density at radius 3 is 3.16 bits per heavy atom. The summed E-state index contributed by atoms with van der Waals surface area (Å²) >= 11 is 0. The molecule has 2 aliphatic rings. The first-order valence-corrected chi connectivity index (χ1v) is 8.98. The summed E-state index contributed by atoms with van der Waals surface area (Å²) in [5, 5.41) is 14.4. The van der Waals surface area contributed by atoms with Gasteiger partial charge in [-0.05, 0) is 25.3 Å². The zero-order chi connectivity index (χ0) is 17.1. The standard InChI is InChI=1S/C18H23N5O2/c24-18(19-10-9-17-22-21-16-8-3-11-23(16)17)20-14-6-4-12-25-15-7-2-1-5-13(14)15/h1-2,5,7,14H,3-4,6,8-12H2,(H2,19,20,24)/t14-/m1/s1. The smallest absolute Gasteiger partial charge is 0.315 e. The molecule has 0 fully saturated rings. The van der Waals surface area contributed by atoms with Crippen molar-refractivity contribution in [2.45, 2.75) is 44.7 Å². The predicted octanol–water partition coefficient (Wildman–Crippen LogP) is 1.98. The summed E-state index contributed by atoms with van der Waals surface area (Å²) in [5.41, 5.74) is 1.05. The number of rotatable bonds is 4. The van der Waals surface area contributed by atoms with Crippen LogP contribution >= 0.6 is 0 Å². The van der Waals surface area contributed by atoms with Crippen LogP contribution in [0.15, 0.2) is 24.3 Å². The van der Waals surface area contributed by atoms with Crippen LogP contribution < -0.4 is 15.4 Å². The number of ether oxygens (including phenoxy) is 1. The van der Waals surface area contributed by atoms with Gasteiger partial charge in [-0.2, -0.15) is 0 Å². The summed E-state index contributed by atoms with van der Waals surface area (Å²) in [5.74, 6) is 2.89. The lowest BCUT2D eigenvalue weighted by atomic mass is 10.0. The van der Waals surface area contributed by atoms with Crippen LogP contribution in [0.4, 0.5) is 4.79 Å². The van der Waals surface area contributed by atoms with Crippen molar-refractivity contribution in [1.82, 2.24) is 25.4 Å². The third-order valence-electron chi connectivity index (χ3n) is 4.81. The number of carbonyl (C=O) groups is 1. The van der Waals surface area contributed by atoms with Crippen molar-refractivity contribution in [3.8, 4) is 5.75 Å². The number of hydrogen-bond acceptors (Lipinski definition) is 4.